The number of hydrogen-bond donors (Lipinski definition) is 1. The number of likely N-dealkylation sites (tertiary alicyclic amines) is 1. The standard InChI is InChI=1S/C19H22N4O3/c1-19(20-17(24)15-8-12-4-2-3-6-23(12)21-15)5-7-22(11-19)18(25)16-13-9-26-10-14(13)16/h2-4,6,8,13-14,16H,5,7,9-11H2,1H3,(H,20,24)/t13-,14+,16?,19?. The Morgan fingerprint density at radius 2 is 2.12 bits per heavy atom. The van der Waals surface area contributed by atoms with Gasteiger partial charge in [-0.3, -0.25) is 9.59 Å². The number of amides is 2. The van der Waals surface area contributed by atoms with E-state index in [9.17, 15) is 9.59 Å². The van der Waals surface area contributed by atoms with E-state index in [1.165, 1.54) is 0 Å². The number of nitrogens with one attached hydrogen (secondary N) is 1. The highest BCUT2D eigenvalue weighted by atomic mass is 16.5. The molecule has 2 unspecified atom stereocenters. The van der Waals surface area contributed by atoms with E-state index in [0.717, 1.165) is 25.2 Å². The molecule has 7 nitrogen and oxygen atoms in total. The van der Waals surface area contributed by atoms with Gasteiger partial charge in [0.2, 0.25) is 5.91 Å². The number of hydrogen-bond acceptors (Lipinski definition) is 4. The number of ether oxygens (including phenoxy) is 1. The van der Waals surface area contributed by atoms with Crippen LogP contribution < -0.4 is 5.32 Å². The highest BCUT2D eigenvalue weighted by Crippen LogP contribution is 2.51. The van der Waals surface area contributed by atoms with E-state index < -0.39 is 5.54 Å². The normalized spacial score (nSPS) is 32.7. The van der Waals surface area contributed by atoms with Gasteiger partial charge in [0.25, 0.3) is 5.91 Å². The third-order valence-electron chi connectivity index (χ3n) is 6.04. The molecule has 5 rings (SSSR count). The molecule has 2 saturated heterocycles. The van der Waals surface area contributed by atoms with Crippen LogP contribution >= 0.6 is 0 Å². The predicted molar refractivity (Wildman–Crippen MR) is 93.5 cm³/mol. The molecule has 3 fully saturated rings. The lowest BCUT2D eigenvalue weighted by Gasteiger charge is -2.26. The fraction of sp³-hybridized carbons (Fsp3) is 0.526. The molecule has 0 spiro atoms. The maximum atomic E-state index is 12.7. The zero-order valence-corrected chi connectivity index (χ0v) is 14.7. The second-order valence-corrected chi connectivity index (χ2v) is 8.02. The van der Waals surface area contributed by atoms with Crippen LogP contribution in [0.3, 0.4) is 0 Å². The smallest absolute Gasteiger partial charge is 0.272 e. The minimum Gasteiger partial charge on any atom is -0.381 e. The SMILES string of the molecule is CC1(NC(=O)c2cc3ccccn3n2)CCN(C(=O)C2[C@H]3COC[C@@H]23)C1. The molecule has 0 aromatic carbocycles. The summed E-state index contributed by atoms with van der Waals surface area (Å²) in [7, 11) is 0. The number of pyridine rings is 1. The first-order valence-electron chi connectivity index (χ1n) is 9.18. The zero-order valence-electron chi connectivity index (χ0n) is 14.7. The van der Waals surface area contributed by atoms with E-state index in [4.69, 9.17) is 4.74 Å². The van der Waals surface area contributed by atoms with Gasteiger partial charge in [0, 0.05) is 25.2 Å². The average Bonchev–Trinajstić information content (AvgIpc) is 3.06. The Morgan fingerprint density at radius 3 is 2.88 bits per heavy atom. The topological polar surface area (TPSA) is 75.9 Å². The molecule has 4 heterocycles. The van der Waals surface area contributed by atoms with Crippen LogP contribution in [-0.4, -0.2) is 58.2 Å². The summed E-state index contributed by atoms with van der Waals surface area (Å²) in [4.78, 5) is 27.3. The Balaban J connectivity index is 1.25. The van der Waals surface area contributed by atoms with Crippen LogP contribution in [0.25, 0.3) is 5.52 Å². The summed E-state index contributed by atoms with van der Waals surface area (Å²) in [6.45, 7) is 4.69. The molecule has 7 heteroatoms. The van der Waals surface area contributed by atoms with Crippen LogP contribution in [0.2, 0.25) is 0 Å². The van der Waals surface area contributed by atoms with E-state index in [-0.39, 0.29) is 17.7 Å². The third kappa shape index (κ3) is 2.49. The minimum atomic E-state index is -0.414. The molecule has 3 aliphatic rings. The fourth-order valence-corrected chi connectivity index (χ4v) is 4.46. The summed E-state index contributed by atoms with van der Waals surface area (Å²) in [5, 5.41) is 7.42. The zero-order chi connectivity index (χ0) is 17.9. The van der Waals surface area contributed by atoms with Crippen molar-refractivity contribution in [3.8, 4) is 0 Å². The monoisotopic (exact) mass is 354 g/mol. The molecular formula is C19H22N4O3. The molecular weight excluding hydrogens is 332 g/mol. The van der Waals surface area contributed by atoms with Crippen molar-refractivity contribution in [2.75, 3.05) is 26.3 Å². The maximum absolute atomic E-state index is 12.7. The molecule has 26 heavy (non-hydrogen) atoms. The highest BCUT2D eigenvalue weighted by Gasteiger charge is 2.59. The van der Waals surface area contributed by atoms with Crippen LogP contribution in [-0.2, 0) is 9.53 Å². The number of carbonyl (C=O) groups is 2. The van der Waals surface area contributed by atoms with Crippen LogP contribution in [0.1, 0.15) is 23.8 Å². The van der Waals surface area contributed by atoms with Gasteiger partial charge in [-0.15, -0.1) is 0 Å². The molecule has 2 aromatic rings. The Kier molecular flexibility index (Phi) is 3.37. The summed E-state index contributed by atoms with van der Waals surface area (Å²) in [5.41, 5.74) is 0.868. The largest absolute Gasteiger partial charge is 0.381 e. The first-order chi connectivity index (χ1) is 12.5. The molecule has 1 N–H and O–H groups in total. The van der Waals surface area contributed by atoms with E-state index in [1.54, 1.807) is 10.6 Å². The predicted octanol–water partition coefficient (Wildman–Crippen LogP) is 0.947. The first kappa shape index (κ1) is 15.8. The molecule has 2 aromatic heterocycles. The maximum Gasteiger partial charge on any atom is 0.272 e. The van der Waals surface area contributed by atoms with Gasteiger partial charge in [-0.25, -0.2) is 4.52 Å². The van der Waals surface area contributed by atoms with Crippen LogP contribution in [0, 0.1) is 17.8 Å². The molecule has 2 aliphatic heterocycles. The van der Waals surface area contributed by atoms with Crippen molar-refractivity contribution < 1.29 is 14.3 Å². The quantitative estimate of drug-likeness (QED) is 0.890. The summed E-state index contributed by atoms with van der Waals surface area (Å²) in [6.07, 6.45) is 2.58. The third-order valence-corrected chi connectivity index (χ3v) is 6.04. The Bertz CT molecular complexity index is 851. The Hall–Kier alpha value is -2.41. The minimum absolute atomic E-state index is 0.139. The van der Waals surface area contributed by atoms with Gasteiger partial charge >= 0.3 is 0 Å². The summed E-state index contributed by atoms with van der Waals surface area (Å²) in [6, 6.07) is 7.49. The summed E-state index contributed by atoms with van der Waals surface area (Å²) >= 11 is 0. The number of nitrogens with zero attached hydrogens (tertiary/aromatic N) is 3. The molecule has 1 saturated carbocycles. The highest BCUT2D eigenvalue weighted by molar-refractivity contribution is 5.94. The Labute approximate surface area is 151 Å². The molecule has 1 aliphatic carbocycles. The van der Waals surface area contributed by atoms with Crippen molar-refractivity contribution >= 4 is 17.3 Å². The molecule has 0 radical (unpaired) electrons. The lowest BCUT2D eigenvalue weighted by atomic mass is 10.0. The number of fused-ring (bicyclic) bond motifs is 2. The van der Waals surface area contributed by atoms with Crippen LogP contribution in [0.15, 0.2) is 30.5 Å². The van der Waals surface area contributed by atoms with Gasteiger partial charge in [0.1, 0.15) is 0 Å². The number of rotatable bonds is 3. The second kappa shape index (κ2) is 5.54. The van der Waals surface area contributed by atoms with Gasteiger partial charge in [-0.2, -0.15) is 5.10 Å². The number of aromatic nitrogens is 2. The van der Waals surface area contributed by atoms with Crippen molar-refractivity contribution in [3.05, 3.63) is 36.2 Å². The lowest BCUT2D eigenvalue weighted by molar-refractivity contribution is -0.133. The van der Waals surface area contributed by atoms with Gasteiger partial charge in [-0.05, 0) is 43.4 Å². The summed E-state index contributed by atoms with van der Waals surface area (Å²) < 4.78 is 7.07. The van der Waals surface area contributed by atoms with Crippen molar-refractivity contribution in [2.45, 2.75) is 18.9 Å². The van der Waals surface area contributed by atoms with Crippen LogP contribution in [0.4, 0.5) is 0 Å². The molecule has 0 bridgehead atoms. The van der Waals surface area contributed by atoms with Crippen molar-refractivity contribution in [1.29, 1.82) is 0 Å². The summed E-state index contributed by atoms with van der Waals surface area (Å²) in [5.74, 6) is 1.01. The second-order valence-electron chi connectivity index (χ2n) is 8.02. The van der Waals surface area contributed by atoms with E-state index in [1.807, 2.05) is 36.2 Å². The lowest BCUT2D eigenvalue weighted by Crippen LogP contribution is -2.49. The fourth-order valence-electron chi connectivity index (χ4n) is 4.46. The molecule has 2 amide bonds. The van der Waals surface area contributed by atoms with Gasteiger partial charge in [0.05, 0.1) is 24.3 Å². The van der Waals surface area contributed by atoms with E-state index in [0.29, 0.717) is 30.6 Å². The van der Waals surface area contributed by atoms with Gasteiger partial charge < -0.3 is 15.0 Å². The average molecular weight is 354 g/mol. The van der Waals surface area contributed by atoms with Gasteiger partial charge in [-0.1, -0.05) is 6.07 Å². The number of carbonyl (C=O) groups excluding carboxylic acids is 2. The van der Waals surface area contributed by atoms with Crippen molar-refractivity contribution in [1.82, 2.24) is 19.8 Å². The van der Waals surface area contributed by atoms with Crippen LogP contribution in [0.5, 0.6) is 0 Å². The molecule has 4 atom stereocenters. The van der Waals surface area contributed by atoms with Gasteiger partial charge in [0.15, 0.2) is 5.69 Å². The first-order valence-corrected chi connectivity index (χ1v) is 9.18. The van der Waals surface area contributed by atoms with E-state index in [2.05, 4.69) is 10.4 Å². The van der Waals surface area contributed by atoms with E-state index >= 15 is 0 Å². The van der Waals surface area contributed by atoms with Crippen molar-refractivity contribution in [2.24, 2.45) is 17.8 Å². The molecule has 136 valence electrons. The van der Waals surface area contributed by atoms with Crippen molar-refractivity contribution in [3.63, 3.8) is 0 Å². The Morgan fingerprint density at radius 1 is 1.31 bits per heavy atom.